The van der Waals surface area contributed by atoms with Crippen molar-refractivity contribution in [3.63, 3.8) is 0 Å². The van der Waals surface area contributed by atoms with Gasteiger partial charge in [0.15, 0.2) is 0 Å². The summed E-state index contributed by atoms with van der Waals surface area (Å²) < 4.78 is 0. The smallest absolute Gasteiger partial charge is 0.221 e. The van der Waals surface area contributed by atoms with Gasteiger partial charge in [0.2, 0.25) is 11.8 Å². The molecule has 0 heterocycles. The van der Waals surface area contributed by atoms with Crippen LogP contribution in [-0.4, -0.2) is 31.4 Å². The van der Waals surface area contributed by atoms with Crippen LogP contribution in [-0.2, 0) is 9.59 Å². The molecular weight excluding hydrogens is 182 g/mol. The lowest BCUT2D eigenvalue weighted by atomic mass is 10.3. The Morgan fingerprint density at radius 2 is 1.57 bits per heavy atom. The van der Waals surface area contributed by atoms with Crippen molar-refractivity contribution in [3.8, 4) is 0 Å². The third-order valence-corrected chi connectivity index (χ3v) is 1.62. The monoisotopic (exact) mass is 201 g/mol. The highest BCUT2D eigenvalue weighted by molar-refractivity contribution is 5.77. The highest BCUT2D eigenvalue weighted by Crippen LogP contribution is 1.84. The number of carbonyl (C=O) groups excluding carboxylic acids is 2. The Morgan fingerprint density at radius 1 is 1.07 bits per heavy atom. The molecule has 0 saturated carbocycles. The van der Waals surface area contributed by atoms with Crippen LogP contribution in [0.5, 0.6) is 0 Å². The Labute approximate surface area is 84.4 Å². The molecule has 0 aliphatic heterocycles. The van der Waals surface area contributed by atoms with E-state index >= 15 is 0 Å². The Bertz CT molecular complexity index is 163. The minimum Gasteiger partial charge on any atom is -0.354 e. The first kappa shape index (κ1) is 12.9. The van der Waals surface area contributed by atoms with Crippen molar-refractivity contribution in [3.05, 3.63) is 0 Å². The van der Waals surface area contributed by atoms with Gasteiger partial charge >= 0.3 is 0 Å². The van der Waals surface area contributed by atoms with Crippen molar-refractivity contribution in [2.75, 3.05) is 19.6 Å². The van der Waals surface area contributed by atoms with Crippen LogP contribution < -0.4 is 16.4 Å². The fourth-order valence-electron chi connectivity index (χ4n) is 0.939. The summed E-state index contributed by atoms with van der Waals surface area (Å²) in [4.78, 5) is 21.9. The number of hydrogen-bond acceptors (Lipinski definition) is 3. The van der Waals surface area contributed by atoms with Gasteiger partial charge < -0.3 is 16.4 Å². The van der Waals surface area contributed by atoms with Gasteiger partial charge in [-0.3, -0.25) is 9.59 Å². The first-order valence-electron chi connectivity index (χ1n) is 4.94. The summed E-state index contributed by atoms with van der Waals surface area (Å²) in [7, 11) is 0. The maximum atomic E-state index is 11.0. The average molecular weight is 201 g/mol. The van der Waals surface area contributed by atoms with Gasteiger partial charge in [0.25, 0.3) is 0 Å². The van der Waals surface area contributed by atoms with Gasteiger partial charge in [-0.05, 0) is 6.42 Å². The Morgan fingerprint density at radius 3 is 2.00 bits per heavy atom. The molecule has 0 radical (unpaired) electrons. The predicted octanol–water partition coefficient (Wildman–Crippen LogP) is -0.632. The third-order valence-electron chi connectivity index (χ3n) is 1.62. The highest BCUT2D eigenvalue weighted by atomic mass is 16.2. The minimum atomic E-state index is -0.0720. The third kappa shape index (κ3) is 7.54. The summed E-state index contributed by atoms with van der Waals surface area (Å²) >= 11 is 0. The van der Waals surface area contributed by atoms with Gasteiger partial charge in [0.05, 0.1) is 0 Å². The van der Waals surface area contributed by atoms with Crippen molar-refractivity contribution < 1.29 is 9.59 Å². The molecule has 2 amide bonds. The predicted molar refractivity (Wildman–Crippen MR) is 54.6 cm³/mol. The van der Waals surface area contributed by atoms with E-state index in [1.54, 1.807) is 0 Å². The minimum absolute atomic E-state index is 0.0283. The fraction of sp³-hybridized carbons (Fsp3) is 0.778. The average Bonchev–Trinajstić information content (AvgIpc) is 2.13. The van der Waals surface area contributed by atoms with E-state index in [9.17, 15) is 9.59 Å². The van der Waals surface area contributed by atoms with Crippen molar-refractivity contribution in [1.29, 1.82) is 0 Å². The number of amides is 2. The van der Waals surface area contributed by atoms with E-state index < -0.39 is 0 Å². The SMILES string of the molecule is CCCC(=O)NCCNC(=O)CCN. The zero-order valence-electron chi connectivity index (χ0n) is 8.64. The first-order valence-corrected chi connectivity index (χ1v) is 4.94. The number of hydrogen-bond donors (Lipinski definition) is 3. The van der Waals surface area contributed by atoms with Gasteiger partial charge in [-0.15, -0.1) is 0 Å². The van der Waals surface area contributed by atoms with E-state index in [1.165, 1.54) is 0 Å². The number of nitrogens with two attached hydrogens (primary N) is 1. The lowest BCUT2D eigenvalue weighted by Gasteiger charge is -2.05. The molecule has 82 valence electrons. The number of nitrogens with one attached hydrogen (secondary N) is 2. The van der Waals surface area contributed by atoms with Gasteiger partial charge in [-0.2, -0.15) is 0 Å². The van der Waals surface area contributed by atoms with Crippen LogP contribution in [0.25, 0.3) is 0 Å². The maximum absolute atomic E-state index is 11.0. The van der Waals surface area contributed by atoms with Gasteiger partial charge in [-0.1, -0.05) is 6.92 Å². The molecule has 0 aliphatic carbocycles. The lowest BCUT2D eigenvalue weighted by molar-refractivity contribution is -0.122. The molecule has 5 nitrogen and oxygen atoms in total. The zero-order valence-corrected chi connectivity index (χ0v) is 8.64. The molecule has 0 spiro atoms. The molecule has 0 unspecified atom stereocenters. The van der Waals surface area contributed by atoms with E-state index in [0.717, 1.165) is 6.42 Å². The van der Waals surface area contributed by atoms with Gasteiger partial charge in [0.1, 0.15) is 0 Å². The van der Waals surface area contributed by atoms with Crippen LogP contribution in [0.4, 0.5) is 0 Å². The van der Waals surface area contributed by atoms with Crippen LogP contribution in [0.15, 0.2) is 0 Å². The molecule has 0 fully saturated rings. The number of rotatable bonds is 7. The quantitative estimate of drug-likeness (QED) is 0.479. The van der Waals surface area contributed by atoms with Crippen LogP contribution in [0.3, 0.4) is 0 Å². The first-order chi connectivity index (χ1) is 6.70. The summed E-state index contributed by atoms with van der Waals surface area (Å²) in [6.07, 6.45) is 1.71. The number of carbonyl (C=O) groups is 2. The summed E-state index contributed by atoms with van der Waals surface area (Å²) in [6, 6.07) is 0. The highest BCUT2D eigenvalue weighted by Gasteiger charge is 1.99. The molecule has 0 aliphatic rings. The lowest BCUT2D eigenvalue weighted by Crippen LogP contribution is -2.35. The van der Waals surface area contributed by atoms with Crippen molar-refractivity contribution >= 4 is 11.8 Å². The van der Waals surface area contributed by atoms with Crippen LogP contribution in [0, 0.1) is 0 Å². The van der Waals surface area contributed by atoms with Crippen molar-refractivity contribution in [2.45, 2.75) is 26.2 Å². The van der Waals surface area contributed by atoms with E-state index in [0.29, 0.717) is 32.5 Å². The Balaban J connectivity index is 3.28. The topological polar surface area (TPSA) is 84.2 Å². The van der Waals surface area contributed by atoms with E-state index in [-0.39, 0.29) is 11.8 Å². The van der Waals surface area contributed by atoms with E-state index in [1.807, 2.05) is 6.92 Å². The second kappa shape index (κ2) is 8.50. The molecule has 4 N–H and O–H groups in total. The molecular formula is C9H19N3O2. The molecule has 0 aromatic rings. The fourth-order valence-corrected chi connectivity index (χ4v) is 0.939. The molecule has 0 rings (SSSR count). The molecule has 0 aromatic heterocycles. The van der Waals surface area contributed by atoms with Gasteiger partial charge in [-0.25, -0.2) is 0 Å². The van der Waals surface area contributed by atoms with E-state index in [4.69, 9.17) is 5.73 Å². The standard InChI is InChI=1S/C9H19N3O2/c1-2-3-8(13)11-6-7-12-9(14)4-5-10/h2-7,10H2,1H3,(H,11,13)(H,12,14). The summed E-state index contributed by atoms with van der Waals surface area (Å²) in [5.41, 5.74) is 5.19. The molecule has 0 aromatic carbocycles. The Kier molecular flexibility index (Phi) is 7.83. The van der Waals surface area contributed by atoms with Crippen molar-refractivity contribution in [2.24, 2.45) is 5.73 Å². The molecule has 14 heavy (non-hydrogen) atoms. The summed E-state index contributed by atoms with van der Waals surface area (Å²) in [6.45, 7) is 3.25. The Hall–Kier alpha value is -1.10. The second-order valence-corrected chi connectivity index (χ2v) is 2.99. The normalized spacial score (nSPS) is 9.57. The van der Waals surface area contributed by atoms with Gasteiger partial charge in [0, 0.05) is 32.5 Å². The van der Waals surface area contributed by atoms with Crippen LogP contribution >= 0.6 is 0 Å². The van der Waals surface area contributed by atoms with E-state index in [2.05, 4.69) is 10.6 Å². The molecule has 0 atom stereocenters. The molecule has 0 saturated heterocycles. The molecule has 0 bridgehead atoms. The van der Waals surface area contributed by atoms with Crippen LogP contribution in [0.1, 0.15) is 26.2 Å². The summed E-state index contributed by atoms with van der Waals surface area (Å²) in [5.74, 6) is -0.0437. The summed E-state index contributed by atoms with van der Waals surface area (Å²) in [5, 5.41) is 5.34. The largest absolute Gasteiger partial charge is 0.354 e. The maximum Gasteiger partial charge on any atom is 0.221 e. The van der Waals surface area contributed by atoms with Crippen molar-refractivity contribution in [1.82, 2.24) is 10.6 Å². The second-order valence-electron chi connectivity index (χ2n) is 2.99. The van der Waals surface area contributed by atoms with Crippen LogP contribution in [0.2, 0.25) is 0 Å². The molecule has 5 heteroatoms. The zero-order chi connectivity index (χ0) is 10.8.